The van der Waals surface area contributed by atoms with Gasteiger partial charge in [-0.15, -0.1) is 0 Å². The van der Waals surface area contributed by atoms with Gasteiger partial charge in [-0.25, -0.2) is 14.8 Å². The quantitative estimate of drug-likeness (QED) is 0.621. The zero-order chi connectivity index (χ0) is 21.1. The first-order valence-electron chi connectivity index (χ1n) is 9.74. The lowest BCUT2D eigenvalue weighted by Crippen LogP contribution is -2.31. The number of nitrogens with one attached hydrogen (secondary N) is 1. The second-order valence-corrected chi connectivity index (χ2v) is 7.73. The number of rotatable bonds is 5. The van der Waals surface area contributed by atoms with Crippen molar-refractivity contribution in [3.8, 4) is 11.3 Å². The van der Waals surface area contributed by atoms with Crippen LogP contribution in [0.4, 0.5) is 11.6 Å². The van der Waals surface area contributed by atoms with Crippen LogP contribution in [-0.4, -0.2) is 57.9 Å². The Morgan fingerprint density at radius 2 is 1.93 bits per heavy atom. The van der Waals surface area contributed by atoms with Gasteiger partial charge in [0.2, 0.25) is 5.95 Å². The van der Waals surface area contributed by atoms with Gasteiger partial charge in [0.15, 0.2) is 0 Å². The van der Waals surface area contributed by atoms with Crippen molar-refractivity contribution in [1.82, 2.24) is 24.6 Å². The number of anilines is 2. The Balaban J connectivity index is 1.50. The van der Waals surface area contributed by atoms with Gasteiger partial charge < -0.3 is 15.0 Å². The molecule has 30 heavy (non-hydrogen) atoms. The van der Waals surface area contributed by atoms with Crippen molar-refractivity contribution < 1.29 is 9.53 Å². The van der Waals surface area contributed by atoms with Crippen LogP contribution in [0.5, 0.6) is 0 Å². The topological polar surface area (TPSA) is 85.2 Å². The summed E-state index contributed by atoms with van der Waals surface area (Å²) in [6.45, 7) is 2.15. The molecular weight excluding hydrogens is 404 g/mol. The Hall–Kier alpha value is -2.97. The summed E-state index contributed by atoms with van der Waals surface area (Å²) in [7, 11) is 3.50. The molecule has 1 N–H and O–H groups in total. The number of halogens is 1. The molecule has 0 aliphatic carbocycles. The van der Waals surface area contributed by atoms with Crippen LogP contribution in [0.15, 0.2) is 42.9 Å². The fourth-order valence-corrected chi connectivity index (χ4v) is 3.70. The van der Waals surface area contributed by atoms with E-state index in [0.29, 0.717) is 28.3 Å². The molecule has 4 rings (SSSR count). The van der Waals surface area contributed by atoms with Crippen LogP contribution in [0.1, 0.15) is 29.2 Å². The van der Waals surface area contributed by atoms with Crippen molar-refractivity contribution in [2.75, 3.05) is 32.6 Å². The molecule has 0 unspecified atom stereocenters. The first kappa shape index (κ1) is 20.3. The van der Waals surface area contributed by atoms with E-state index in [4.69, 9.17) is 16.3 Å². The lowest BCUT2D eigenvalue weighted by Gasteiger charge is -2.28. The van der Waals surface area contributed by atoms with Crippen LogP contribution in [-0.2, 0) is 4.74 Å². The van der Waals surface area contributed by atoms with Crippen molar-refractivity contribution in [3.63, 3.8) is 0 Å². The first-order valence-corrected chi connectivity index (χ1v) is 10.1. The van der Waals surface area contributed by atoms with E-state index in [1.165, 1.54) is 7.11 Å². The second-order valence-electron chi connectivity index (χ2n) is 7.33. The lowest BCUT2D eigenvalue weighted by atomic mass is 10.1. The molecule has 0 bridgehead atoms. The van der Waals surface area contributed by atoms with Gasteiger partial charge in [0.1, 0.15) is 0 Å². The first-order chi connectivity index (χ1) is 14.5. The minimum absolute atomic E-state index is 0.390. The minimum atomic E-state index is -0.390. The molecule has 0 radical (unpaired) electrons. The zero-order valence-corrected chi connectivity index (χ0v) is 17.6. The van der Waals surface area contributed by atoms with Crippen LogP contribution in [0.2, 0.25) is 5.02 Å². The molecule has 1 aliphatic heterocycles. The predicted octanol–water partition coefficient (Wildman–Crippen LogP) is 3.79. The fraction of sp³-hybridized carbons (Fsp3) is 0.333. The van der Waals surface area contributed by atoms with E-state index >= 15 is 0 Å². The molecule has 1 fully saturated rings. The monoisotopic (exact) mass is 426 g/mol. The Morgan fingerprint density at radius 3 is 2.63 bits per heavy atom. The molecule has 0 saturated carbocycles. The smallest absolute Gasteiger partial charge is 0.337 e. The summed E-state index contributed by atoms with van der Waals surface area (Å²) in [4.78, 5) is 22.8. The average Bonchev–Trinajstić information content (AvgIpc) is 3.23. The van der Waals surface area contributed by atoms with Crippen LogP contribution < -0.4 is 5.32 Å². The van der Waals surface area contributed by atoms with Crippen LogP contribution >= 0.6 is 11.6 Å². The molecule has 1 aromatic carbocycles. The predicted molar refractivity (Wildman–Crippen MR) is 115 cm³/mol. The fourth-order valence-electron chi connectivity index (χ4n) is 3.50. The Kier molecular flexibility index (Phi) is 5.96. The van der Waals surface area contributed by atoms with Gasteiger partial charge in [-0.2, -0.15) is 5.10 Å². The van der Waals surface area contributed by atoms with Gasteiger partial charge in [0.25, 0.3) is 0 Å². The van der Waals surface area contributed by atoms with E-state index in [1.807, 2.05) is 10.9 Å². The lowest BCUT2D eigenvalue weighted by molar-refractivity contribution is 0.0601. The number of aromatic nitrogens is 4. The van der Waals surface area contributed by atoms with Crippen LogP contribution in [0.25, 0.3) is 11.3 Å². The molecular formula is C21H23ClN6O2. The number of carbonyl (C=O) groups is 1. The van der Waals surface area contributed by atoms with E-state index in [1.54, 1.807) is 36.7 Å². The van der Waals surface area contributed by atoms with Gasteiger partial charge >= 0.3 is 5.97 Å². The number of esters is 1. The van der Waals surface area contributed by atoms with E-state index < -0.39 is 0 Å². The number of likely N-dealkylation sites (tertiary alicyclic amines) is 1. The summed E-state index contributed by atoms with van der Waals surface area (Å²) in [6, 6.07) is 7.33. The molecule has 0 atom stereocenters. The largest absolute Gasteiger partial charge is 0.465 e. The molecule has 0 spiro atoms. The molecule has 156 valence electrons. The third-order valence-corrected chi connectivity index (χ3v) is 5.52. The normalized spacial score (nSPS) is 15.2. The number of methoxy groups -OCH3 is 1. The van der Waals surface area contributed by atoms with E-state index in [2.05, 4.69) is 32.3 Å². The van der Waals surface area contributed by atoms with Gasteiger partial charge in [0, 0.05) is 11.8 Å². The van der Waals surface area contributed by atoms with E-state index in [-0.39, 0.29) is 5.97 Å². The van der Waals surface area contributed by atoms with Gasteiger partial charge in [-0.1, -0.05) is 23.7 Å². The highest BCUT2D eigenvalue weighted by Crippen LogP contribution is 2.28. The maximum Gasteiger partial charge on any atom is 0.337 e. The highest BCUT2D eigenvalue weighted by atomic mass is 35.5. The number of hydrogen-bond acceptors (Lipinski definition) is 7. The van der Waals surface area contributed by atoms with Crippen molar-refractivity contribution in [3.05, 3.63) is 53.4 Å². The van der Waals surface area contributed by atoms with Crippen LogP contribution in [0.3, 0.4) is 0 Å². The minimum Gasteiger partial charge on any atom is -0.465 e. The van der Waals surface area contributed by atoms with Crippen molar-refractivity contribution in [2.24, 2.45) is 0 Å². The summed E-state index contributed by atoms with van der Waals surface area (Å²) in [5, 5.41) is 8.13. The van der Waals surface area contributed by atoms with Gasteiger partial charge in [-0.05, 0) is 45.1 Å². The molecule has 2 aromatic heterocycles. The van der Waals surface area contributed by atoms with Crippen LogP contribution in [0, 0.1) is 0 Å². The summed E-state index contributed by atoms with van der Waals surface area (Å²) in [5.41, 5.74) is 2.64. The Bertz CT molecular complexity index is 1030. The number of benzene rings is 1. The maximum atomic E-state index is 11.6. The highest BCUT2D eigenvalue weighted by molar-refractivity contribution is 6.32. The third-order valence-electron chi connectivity index (χ3n) is 5.24. The van der Waals surface area contributed by atoms with E-state index in [0.717, 1.165) is 37.2 Å². The van der Waals surface area contributed by atoms with Crippen molar-refractivity contribution in [1.29, 1.82) is 0 Å². The van der Waals surface area contributed by atoms with E-state index in [9.17, 15) is 4.79 Å². The second kappa shape index (κ2) is 8.81. The summed E-state index contributed by atoms with van der Waals surface area (Å²) < 4.78 is 6.74. The zero-order valence-electron chi connectivity index (χ0n) is 16.9. The summed E-state index contributed by atoms with van der Waals surface area (Å²) in [5.74, 6) is 0.0358. The summed E-state index contributed by atoms with van der Waals surface area (Å²) >= 11 is 6.32. The molecule has 0 amide bonds. The number of ether oxygens (including phenoxy) is 1. The summed E-state index contributed by atoms with van der Waals surface area (Å²) in [6.07, 6.45) is 7.49. The number of hydrogen-bond donors (Lipinski definition) is 1. The standard InChI is InChI=1S/C21H23ClN6O2/c1-27-9-7-17(8-10-27)28-13-16(11-24-28)25-21-23-12-18(22)19(26-21)14-3-5-15(6-4-14)20(29)30-2/h3-6,11-13,17H,7-10H2,1-2H3,(H,23,25,26). The molecule has 1 aliphatic rings. The molecule has 9 heteroatoms. The number of carbonyl (C=O) groups excluding carboxylic acids is 1. The van der Waals surface area contributed by atoms with Gasteiger partial charge in [0.05, 0.1) is 47.5 Å². The Labute approximate surface area is 179 Å². The molecule has 8 nitrogen and oxygen atoms in total. The molecule has 3 heterocycles. The number of piperidine rings is 1. The maximum absolute atomic E-state index is 11.6. The molecule has 3 aromatic rings. The number of nitrogens with zero attached hydrogens (tertiary/aromatic N) is 5. The highest BCUT2D eigenvalue weighted by Gasteiger charge is 2.19. The SMILES string of the molecule is COC(=O)c1ccc(-c2nc(Nc3cnn(C4CCN(C)CC4)c3)ncc2Cl)cc1. The Morgan fingerprint density at radius 1 is 1.20 bits per heavy atom. The van der Waals surface area contributed by atoms with Crippen molar-refractivity contribution in [2.45, 2.75) is 18.9 Å². The third kappa shape index (κ3) is 4.44. The van der Waals surface area contributed by atoms with Gasteiger partial charge in [-0.3, -0.25) is 4.68 Å². The molecule has 1 saturated heterocycles. The average molecular weight is 427 g/mol. The van der Waals surface area contributed by atoms with Crippen molar-refractivity contribution >= 4 is 29.2 Å².